The molecule has 0 saturated heterocycles. The van der Waals surface area contributed by atoms with Crippen molar-refractivity contribution in [2.45, 2.75) is 51.0 Å². The fourth-order valence-corrected chi connectivity index (χ4v) is 5.24. The van der Waals surface area contributed by atoms with Gasteiger partial charge in [0.05, 0.1) is 11.9 Å². The SMILES string of the molecule is CCC1(NC(C)(O)c2ccc(OCc3ccccc3)c(NS(C)(=O)=O)c2)Cc2ccccc2C1. The minimum atomic E-state index is -3.55. The van der Waals surface area contributed by atoms with Crippen molar-refractivity contribution in [1.82, 2.24) is 5.32 Å². The van der Waals surface area contributed by atoms with Gasteiger partial charge in [0.15, 0.2) is 0 Å². The predicted molar refractivity (Wildman–Crippen MR) is 135 cm³/mol. The summed E-state index contributed by atoms with van der Waals surface area (Å²) in [6.07, 6.45) is 3.58. The number of sulfonamides is 1. The van der Waals surface area contributed by atoms with Gasteiger partial charge in [0, 0.05) is 11.1 Å². The molecule has 0 heterocycles. The zero-order valence-electron chi connectivity index (χ0n) is 19.8. The molecule has 6 nitrogen and oxygen atoms in total. The number of ether oxygens (including phenoxy) is 1. The van der Waals surface area contributed by atoms with Gasteiger partial charge in [-0.15, -0.1) is 0 Å². The molecule has 0 radical (unpaired) electrons. The van der Waals surface area contributed by atoms with Crippen molar-refractivity contribution in [3.8, 4) is 5.75 Å². The summed E-state index contributed by atoms with van der Waals surface area (Å²) < 4.78 is 32.6. The number of benzene rings is 3. The summed E-state index contributed by atoms with van der Waals surface area (Å²) in [5.74, 6) is 0.396. The summed E-state index contributed by atoms with van der Waals surface area (Å²) in [5, 5.41) is 15.0. The Balaban J connectivity index is 1.60. The molecule has 7 heteroatoms. The van der Waals surface area contributed by atoms with Crippen molar-refractivity contribution < 1.29 is 18.3 Å². The summed E-state index contributed by atoms with van der Waals surface area (Å²) in [5.41, 5.74) is 2.71. The van der Waals surface area contributed by atoms with Crippen LogP contribution in [0.25, 0.3) is 0 Å². The first-order chi connectivity index (χ1) is 16.1. The molecule has 0 amide bonds. The van der Waals surface area contributed by atoms with Crippen molar-refractivity contribution in [1.29, 1.82) is 0 Å². The van der Waals surface area contributed by atoms with Gasteiger partial charge in [-0.1, -0.05) is 67.6 Å². The largest absolute Gasteiger partial charge is 0.487 e. The minimum absolute atomic E-state index is 0.290. The lowest BCUT2D eigenvalue weighted by atomic mass is 9.89. The van der Waals surface area contributed by atoms with E-state index >= 15 is 0 Å². The number of anilines is 1. The van der Waals surface area contributed by atoms with Crippen LogP contribution in [0.4, 0.5) is 5.69 Å². The third-order valence-electron chi connectivity index (χ3n) is 6.44. The van der Waals surface area contributed by atoms with E-state index in [2.05, 4.69) is 29.1 Å². The Hall–Kier alpha value is -2.87. The summed E-state index contributed by atoms with van der Waals surface area (Å²) >= 11 is 0. The molecule has 3 aromatic rings. The summed E-state index contributed by atoms with van der Waals surface area (Å²) in [6, 6.07) is 23.1. The maximum atomic E-state index is 12.0. The molecule has 1 atom stereocenters. The molecule has 180 valence electrons. The Morgan fingerprint density at radius 3 is 2.21 bits per heavy atom. The Labute approximate surface area is 202 Å². The number of fused-ring (bicyclic) bond motifs is 1. The van der Waals surface area contributed by atoms with Crippen LogP contribution < -0.4 is 14.8 Å². The first kappa shape index (κ1) is 24.3. The molecule has 3 N–H and O–H groups in total. The van der Waals surface area contributed by atoms with Crippen LogP contribution in [-0.2, 0) is 35.2 Å². The second-order valence-corrected chi connectivity index (χ2v) is 11.1. The zero-order valence-corrected chi connectivity index (χ0v) is 20.7. The Morgan fingerprint density at radius 2 is 1.62 bits per heavy atom. The van der Waals surface area contributed by atoms with Crippen molar-refractivity contribution in [3.05, 3.63) is 95.1 Å². The van der Waals surface area contributed by atoms with E-state index in [0.29, 0.717) is 23.6 Å². The normalized spacial score (nSPS) is 16.5. The van der Waals surface area contributed by atoms with E-state index < -0.39 is 15.7 Å². The summed E-state index contributed by atoms with van der Waals surface area (Å²) in [7, 11) is -3.55. The first-order valence-corrected chi connectivity index (χ1v) is 13.4. The molecule has 1 aliphatic rings. The van der Waals surface area contributed by atoms with Crippen LogP contribution in [0.3, 0.4) is 0 Å². The van der Waals surface area contributed by atoms with Gasteiger partial charge < -0.3 is 9.84 Å². The van der Waals surface area contributed by atoms with Crippen LogP contribution in [0.1, 0.15) is 42.5 Å². The van der Waals surface area contributed by atoms with Gasteiger partial charge in [-0.05, 0) is 55.0 Å². The second-order valence-electron chi connectivity index (χ2n) is 9.31. The summed E-state index contributed by atoms with van der Waals surface area (Å²) in [6.45, 7) is 4.12. The summed E-state index contributed by atoms with van der Waals surface area (Å²) in [4.78, 5) is 0. The molecule has 0 saturated carbocycles. The highest BCUT2D eigenvalue weighted by Crippen LogP contribution is 2.37. The highest BCUT2D eigenvalue weighted by Gasteiger charge is 2.41. The lowest BCUT2D eigenvalue weighted by molar-refractivity contribution is -0.0141. The van der Waals surface area contributed by atoms with E-state index in [1.807, 2.05) is 42.5 Å². The standard InChI is InChI=1S/C27H32N2O4S/c1-4-27(17-21-12-8-9-13-22(21)18-27)29-26(2,30)23-14-15-25(24(16-23)28-34(3,31)32)33-19-20-10-6-5-7-11-20/h5-16,28-30H,4,17-19H2,1-3H3. The van der Waals surface area contributed by atoms with Crippen LogP contribution >= 0.6 is 0 Å². The maximum absolute atomic E-state index is 12.0. The van der Waals surface area contributed by atoms with Crippen molar-refractivity contribution in [2.24, 2.45) is 0 Å². The Bertz CT molecular complexity index is 1230. The molecular weight excluding hydrogens is 448 g/mol. The van der Waals surface area contributed by atoms with Gasteiger partial charge in [0.1, 0.15) is 18.1 Å². The molecule has 0 fully saturated rings. The van der Waals surface area contributed by atoms with E-state index in [9.17, 15) is 13.5 Å². The van der Waals surface area contributed by atoms with Gasteiger partial charge >= 0.3 is 0 Å². The maximum Gasteiger partial charge on any atom is 0.229 e. The highest BCUT2D eigenvalue weighted by atomic mass is 32.2. The average molecular weight is 481 g/mol. The molecule has 0 spiro atoms. The number of nitrogens with one attached hydrogen (secondary N) is 2. The van der Waals surface area contributed by atoms with Crippen molar-refractivity contribution >= 4 is 15.7 Å². The van der Waals surface area contributed by atoms with Gasteiger partial charge in [-0.2, -0.15) is 0 Å². The lowest BCUT2D eigenvalue weighted by Crippen LogP contribution is -2.55. The molecule has 0 aliphatic heterocycles. The monoisotopic (exact) mass is 480 g/mol. The van der Waals surface area contributed by atoms with Gasteiger partial charge in [-0.3, -0.25) is 10.0 Å². The molecule has 4 rings (SSSR count). The zero-order chi connectivity index (χ0) is 24.4. The fraction of sp³-hybridized carbons (Fsp3) is 0.333. The van der Waals surface area contributed by atoms with Gasteiger partial charge in [0.2, 0.25) is 10.0 Å². The number of rotatable bonds is 9. The smallest absolute Gasteiger partial charge is 0.229 e. The quantitative estimate of drug-likeness (QED) is 0.397. The fourth-order valence-electron chi connectivity index (χ4n) is 4.68. The molecular formula is C27H32N2O4S. The van der Waals surface area contributed by atoms with Crippen LogP contribution in [-0.4, -0.2) is 25.3 Å². The minimum Gasteiger partial charge on any atom is -0.487 e. The van der Waals surface area contributed by atoms with Gasteiger partial charge in [0.25, 0.3) is 0 Å². The van der Waals surface area contributed by atoms with E-state index in [1.165, 1.54) is 11.1 Å². The highest BCUT2D eigenvalue weighted by molar-refractivity contribution is 7.92. The average Bonchev–Trinajstić information content (AvgIpc) is 3.16. The number of aliphatic hydroxyl groups is 1. The van der Waals surface area contributed by atoms with Gasteiger partial charge in [-0.25, -0.2) is 8.42 Å². The van der Waals surface area contributed by atoms with Crippen LogP contribution in [0.2, 0.25) is 0 Å². The topological polar surface area (TPSA) is 87.7 Å². The van der Waals surface area contributed by atoms with Crippen molar-refractivity contribution in [2.75, 3.05) is 11.0 Å². The van der Waals surface area contributed by atoms with E-state index in [-0.39, 0.29) is 5.54 Å². The molecule has 1 aliphatic carbocycles. The van der Waals surface area contributed by atoms with E-state index in [1.54, 1.807) is 25.1 Å². The van der Waals surface area contributed by atoms with Crippen LogP contribution in [0.5, 0.6) is 5.75 Å². The number of hydrogen-bond acceptors (Lipinski definition) is 5. The Morgan fingerprint density at radius 1 is 1.00 bits per heavy atom. The lowest BCUT2D eigenvalue weighted by Gasteiger charge is -2.38. The van der Waals surface area contributed by atoms with E-state index in [4.69, 9.17) is 4.74 Å². The Kier molecular flexibility index (Phi) is 6.71. The molecule has 34 heavy (non-hydrogen) atoms. The third kappa shape index (κ3) is 5.60. The third-order valence-corrected chi connectivity index (χ3v) is 7.03. The number of hydrogen-bond donors (Lipinski definition) is 3. The van der Waals surface area contributed by atoms with Crippen molar-refractivity contribution in [3.63, 3.8) is 0 Å². The molecule has 0 aromatic heterocycles. The predicted octanol–water partition coefficient (Wildman–Crippen LogP) is 4.34. The first-order valence-electron chi connectivity index (χ1n) is 11.5. The molecule has 3 aromatic carbocycles. The second kappa shape index (κ2) is 9.41. The molecule has 0 bridgehead atoms. The van der Waals surface area contributed by atoms with Crippen LogP contribution in [0.15, 0.2) is 72.8 Å². The van der Waals surface area contributed by atoms with Crippen LogP contribution in [0, 0.1) is 0 Å². The van der Waals surface area contributed by atoms with E-state index in [0.717, 1.165) is 31.1 Å². The molecule has 1 unspecified atom stereocenters.